The number of nitrogens with two attached hydrogens (primary N) is 1. The Morgan fingerprint density at radius 1 is 1.33 bits per heavy atom. The number of benzene rings is 1. The number of fused-ring (bicyclic) bond motifs is 1. The van der Waals surface area contributed by atoms with Crippen LogP contribution in [0.1, 0.15) is 38.7 Å². The molecule has 1 aromatic carbocycles. The van der Waals surface area contributed by atoms with Gasteiger partial charge < -0.3 is 15.0 Å². The van der Waals surface area contributed by atoms with Gasteiger partial charge in [-0.05, 0) is 50.3 Å². The van der Waals surface area contributed by atoms with E-state index in [9.17, 15) is 0 Å². The second-order valence-corrected chi connectivity index (χ2v) is 6.34. The van der Waals surface area contributed by atoms with Gasteiger partial charge in [-0.2, -0.15) is 0 Å². The third-order valence-electron chi connectivity index (χ3n) is 4.63. The van der Waals surface area contributed by atoms with Crippen molar-refractivity contribution in [3.8, 4) is 0 Å². The average Bonchev–Trinajstić information content (AvgIpc) is 3.07. The van der Waals surface area contributed by atoms with Crippen LogP contribution in [0.15, 0.2) is 30.5 Å². The summed E-state index contributed by atoms with van der Waals surface area (Å²) in [6, 6.07) is 9.03. The summed E-state index contributed by atoms with van der Waals surface area (Å²) in [5, 5.41) is 1.34. The summed E-state index contributed by atoms with van der Waals surface area (Å²) < 4.78 is 8.29. The van der Waals surface area contributed by atoms with Crippen LogP contribution < -0.4 is 5.73 Å². The Balaban J connectivity index is 1.83. The predicted molar refractivity (Wildman–Crippen MR) is 87.5 cm³/mol. The number of rotatable bonds is 5. The SMILES string of the molecule is CCC(N)Cc1cccc2c1ccn2CC1CCC(C)O1. The van der Waals surface area contributed by atoms with Gasteiger partial charge in [0.15, 0.2) is 0 Å². The average molecular weight is 286 g/mol. The summed E-state index contributed by atoms with van der Waals surface area (Å²) in [6.07, 6.45) is 7.28. The zero-order valence-corrected chi connectivity index (χ0v) is 13.1. The highest BCUT2D eigenvalue weighted by Gasteiger charge is 2.22. The van der Waals surface area contributed by atoms with Crippen LogP contribution in [0.5, 0.6) is 0 Å². The molecule has 3 rings (SSSR count). The highest BCUT2D eigenvalue weighted by Crippen LogP contribution is 2.25. The molecule has 1 saturated heterocycles. The monoisotopic (exact) mass is 286 g/mol. The van der Waals surface area contributed by atoms with Crippen LogP contribution in [0.3, 0.4) is 0 Å². The van der Waals surface area contributed by atoms with Crippen molar-refractivity contribution in [1.29, 1.82) is 0 Å². The van der Waals surface area contributed by atoms with E-state index in [1.165, 1.54) is 29.3 Å². The smallest absolute Gasteiger partial charge is 0.0758 e. The molecule has 0 amide bonds. The molecular weight excluding hydrogens is 260 g/mol. The molecule has 0 radical (unpaired) electrons. The molecule has 1 aromatic heterocycles. The molecule has 21 heavy (non-hydrogen) atoms. The molecule has 3 heteroatoms. The number of ether oxygens (including phenoxy) is 1. The van der Waals surface area contributed by atoms with Gasteiger partial charge in [-0.25, -0.2) is 0 Å². The van der Waals surface area contributed by atoms with Crippen LogP contribution >= 0.6 is 0 Å². The zero-order valence-electron chi connectivity index (χ0n) is 13.1. The van der Waals surface area contributed by atoms with Crippen molar-refractivity contribution < 1.29 is 4.74 Å². The molecule has 3 unspecified atom stereocenters. The minimum absolute atomic E-state index is 0.248. The van der Waals surface area contributed by atoms with Crippen LogP contribution in [0.25, 0.3) is 10.9 Å². The van der Waals surface area contributed by atoms with Gasteiger partial charge in [-0.1, -0.05) is 19.1 Å². The molecule has 0 saturated carbocycles. The van der Waals surface area contributed by atoms with E-state index in [4.69, 9.17) is 10.5 Å². The normalized spacial score (nSPS) is 23.8. The van der Waals surface area contributed by atoms with E-state index in [0.29, 0.717) is 12.2 Å². The number of hydrogen-bond donors (Lipinski definition) is 1. The molecule has 1 aliphatic rings. The van der Waals surface area contributed by atoms with Gasteiger partial charge in [-0.15, -0.1) is 0 Å². The topological polar surface area (TPSA) is 40.2 Å². The molecule has 2 N–H and O–H groups in total. The van der Waals surface area contributed by atoms with Gasteiger partial charge in [0, 0.05) is 29.7 Å². The minimum Gasteiger partial charge on any atom is -0.373 e. The van der Waals surface area contributed by atoms with Crippen LogP contribution in [-0.4, -0.2) is 22.8 Å². The molecule has 0 bridgehead atoms. The van der Waals surface area contributed by atoms with Crippen molar-refractivity contribution in [2.75, 3.05) is 0 Å². The van der Waals surface area contributed by atoms with Crippen LogP contribution in [-0.2, 0) is 17.7 Å². The van der Waals surface area contributed by atoms with Gasteiger partial charge in [0.1, 0.15) is 0 Å². The number of nitrogens with zero attached hydrogens (tertiary/aromatic N) is 1. The first-order valence-electron chi connectivity index (χ1n) is 8.15. The molecule has 0 aliphatic carbocycles. The highest BCUT2D eigenvalue weighted by molar-refractivity contribution is 5.83. The van der Waals surface area contributed by atoms with E-state index < -0.39 is 0 Å². The molecule has 114 valence electrons. The summed E-state index contributed by atoms with van der Waals surface area (Å²) in [5.74, 6) is 0. The molecule has 0 spiro atoms. The van der Waals surface area contributed by atoms with E-state index in [2.05, 4.69) is 48.9 Å². The first kappa shape index (κ1) is 14.6. The third-order valence-corrected chi connectivity index (χ3v) is 4.63. The third kappa shape index (κ3) is 3.14. The van der Waals surface area contributed by atoms with Gasteiger partial charge in [-0.3, -0.25) is 0 Å². The summed E-state index contributed by atoms with van der Waals surface area (Å²) in [4.78, 5) is 0. The lowest BCUT2D eigenvalue weighted by molar-refractivity contribution is 0.0465. The van der Waals surface area contributed by atoms with Crippen molar-refractivity contribution in [2.24, 2.45) is 5.73 Å². The molecular formula is C18H26N2O. The van der Waals surface area contributed by atoms with Crippen LogP contribution in [0.2, 0.25) is 0 Å². The molecule has 2 aromatic rings. The van der Waals surface area contributed by atoms with Crippen molar-refractivity contribution in [2.45, 2.75) is 64.3 Å². The molecule has 2 heterocycles. The lowest BCUT2D eigenvalue weighted by Gasteiger charge is -2.14. The highest BCUT2D eigenvalue weighted by atomic mass is 16.5. The molecule has 3 atom stereocenters. The first-order chi connectivity index (χ1) is 10.2. The summed E-state index contributed by atoms with van der Waals surface area (Å²) in [7, 11) is 0. The summed E-state index contributed by atoms with van der Waals surface area (Å²) in [6.45, 7) is 5.27. The minimum atomic E-state index is 0.248. The Morgan fingerprint density at radius 2 is 2.19 bits per heavy atom. The Hall–Kier alpha value is -1.32. The van der Waals surface area contributed by atoms with E-state index in [0.717, 1.165) is 19.4 Å². The maximum atomic E-state index is 6.12. The van der Waals surface area contributed by atoms with E-state index in [1.807, 2.05) is 0 Å². The Labute approximate surface area is 127 Å². The second-order valence-electron chi connectivity index (χ2n) is 6.34. The van der Waals surface area contributed by atoms with E-state index in [1.54, 1.807) is 0 Å². The van der Waals surface area contributed by atoms with Crippen molar-refractivity contribution >= 4 is 10.9 Å². The Bertz CT molecular complexity index is 604. The maximum Gasteiger partial charge on any atom is 0.0758 e. The molecule has 1 fully saturated rings. The fourth-order valence-corrected chi connectivity index (χ4v) is 3.29. The predicted octanol–water partition coefficient (Wildman–Crippen LogP) is 3.49. The standard InChI is InChI=1S/C18H26N2O/c1-3-15(19)11-14-5-4-6-18-17(14)9-10-20(18)12-16-8-7-13(2)21-16/h4-6,9-10,13,15-16H,3,7-8,11-12,19H2,1-2H3. The van der Waals surface area contributed by atoms with Gasteiger partial charge >= 0.3 is 0 Å². The lowest BCUT2D eigenvalue weighted by Crippen LogP contribution is -2.21. The van der Waals surface area contributed by atoms with Gasteiger partial charge in [0.05, 0.1) is 12.2 Å². The van der Waals surface area contributed by atoms with Crippen molar-refractivity contribution in [3.05, 3.63) is 36.0 Å². The second kappa shape index (κ2) is 6.20. The lowest BCUT2D eigenvalue weighted by atomic mass is 10.0. The first-order valence-corrected chi connectivity index (χ1v) is 8.15. The molecule has 3 nitrogen and oxygen atoms in total. The number of aromatic nitrogens is 1. The molecule has 1 aliphatic heterocycles. The summed E-state index contributed by atoms with van der Waals surface area (Å²) >= 11 is 0. The van der Waals surface area contributed by atoms with Gasteiger partial charge in [0.2, 0.25) is 0 Å². The van der Waals surface area contributed by atoms with E-state index in [-0.39, 0.29) is 6.04 Å². The fraction of sp³-hybridized carbons (Fsp3) is 0.556. The van der Waals surface area contributed by atoms with Crippen LogP contribution in [0.4, 0.5) is 0 Å². The van der Waals surface area contributed by atoms with Gasteiger partial charge in [0.25, 0.3) is 0 Å². The number of hydrogen-bond acceptors (Lipinski definition) is 2. The van der Waals surface area contributed by atoms with Crippen LogP contribution in [0, 0.1) is 0 Å². The largest absolute Gasteiger partial charge is 0.373 e. The fourth-order valence-electron chi connectivity index (χ4n) is 3.29. The van der Waals surface area contributed by atoms with E-state index >= 15 is 0 Å². The summed E-state index contributed by atoms with van der Waals surface area (Å²) in [5.41, 5.74) is 8.79. The van der Waals surface area contributed by atoms with Crippen molar-refractivity contribution in [1.82, 2.24) is 4.57 Å². The Kier molecular flexibility index (Phi) is 4.32. The maximum absolute atomic E-state index is 6.12. The Morgan fingerprint density at radius 3 is 2.90 bits per heavy atom. The van der Waals surface area contributed by atoms with Crippen molar-refractivity contribution in [3.63, 3.8) is 0 Å². The quantitative estimate of drug-likeness (QED) is 0.914. The zero-order chi connectivity index (χ0) is 14.8.